The second kappa shape index (κ2) is 6.58. The first-order valence-corrected chi connectivity index (χ1v) is 6.56. The highest BCUT2D eigenvalue weighted by atomic mass is 79.9. The molecule has 3 nitrogen and oxygen atoms in total. The Labute approximate surface area is 106 Å². The number of likely N-dealkylation sites (tertiary alicyclic amines) is 1. The maximum atomic E-state index is 11.8. The molecule has 0 spiro atoms. The minimum absolute atomic E-state index is 0.0135. The summed E-state index contributed by atoms with van der Waals surface area (Å²) in [6.07, 6.45) is -2.42. The lowest BCUT2D eigenvalue weighted by Gasteiger charge is -2.23. The molecular weight excluding hydrogens is 303 g/mol. The fourth-order valence-electron chi connectivity index (χ4n) is 1.82. The monoisotopic (exact) mass is 317 g/mol. The van der Waals surface area contributed by atoms with Crippen LogP contribution in [0.4, 0.5) is 13.2 Å². The number of hydrogen-bond acceptors (Lipinski definition) is 2. The van der Waals surface area contributed by atoms with E-state index in [0.29, 0.717) is 11.9 Å². The average molecular weight is 318 g/mol. The van der Waals surface area contributed by atoms with Crippen molar-refractivity contribution in [2.45, 2.75) is 31.5 Å². The Balaban J connectivity index is 2.21. The smallest absolute Gasteiger partial charge is 0.372 e. The van der Waals surface area contributed by atoms with E-state index in [4.69, 9.17) is 0 Å². The summed E-state index contributed by atoms with van der Waals surface area (Å²) in [6.45, 7) is -0.777. The molecule has 17 heavy (non-hydrogen) atoms. The normalized spacial score (nSPS) is 20.9. The topological polar surface area (TPSA) is 29.5 Å². The van der Waals surface area contributed by atoms with Gasteiger partial charge >= 0.3 is 6.18 Å². The quantitative estimate of drug-likeness (QED) is 0.575. The van der Waals surface area contributed by atoms with E-state index >= 15 is 0 Å². The van der Waals surface area contributed by atoms with Crippen molar-refractivity contribution < 1.29 is 22.7 Å². The molecule has 1 aliphatic rings. The van der Waals surface area contributed by atoms with Crippen molar-refractivity contribution in [2.24, 2.45) is 0 Å². The van der Waals surface area contributed by atoms with E-state index in [1.165, 1.54) is 0 Å². The number of halogens is 4. The van der Waals surface area contributed by atoms with Gasteiger partial charge in [-0.2, -0.15) is 13.2 Å². The van der Waals surface area contributed by atoms with Crippen molar-refractivity contribution in [1.29, 1.82) is 0 Å². The van der Waals surface area contributed by atoms with Crippen molar-refractivity contribution in [3.05, 3.63) is 0 Å². The van der Waals surface area contributed by atoms with Crippen LogP contribution in [0.2, 0.25) is 0 Å². The molecule has 0 bridgehead atoms. The highest BCUT2D eigenvalue weighted by Gasteiger charge is 2.29. The number of carbonyl (C=O) groups is 1. The van der Waals surface area contributed by atoms with Crippen LogP contribution in [0.5, 0.6) is 0 Å². The zero-order valence-electron chi connectivity index (χ0n) is 9.30. The van der Waals surface area contributed by atoms with Gasteiger partial charge in [0, 0.05) is 17.9 Å². The molecule has 1 fully saturated rings. The number of nitrogens with zero attached hydrogens (tertiary/aromatic N) is 1. The zero-order valence-corrected chi connectivity index (χ0v) is 10.9. The van der Waals surface area contributed by atoms with Crippen LogP contribution >= 0.6 is 15.9 Å². The predicted molar refractivity (Wildman–Crippen MR) is 60.0 cm³/mol. The van der Waals surface area contributed by atoms with Crippen LogP contribution in [0.15, 0.2) is 0 Å². The predicted octanol–water partition coefficient (Wildman–Crippen LogP) is 2.34. The summed E-state index contributed by atoms with van der Waals surface area (Å²) in [6, 6.07) is 0.171. The molecule has 1 amide bonds. The summed E-state index contributed by atoms with van der Waals surface area (Å²) in [5, 5.41) is 0.710. The lowest BCUT2D eigenvalue weighted by Crippen LogP contribution is -2.37. The summed E-state index contributed by atoms with van der Waals surface area (Å²) in [5.41, 5.74) is 0. The van der Waals surface area contributed by atoms with Crippen LogP contribution in [-0.4, -0.2) is 48.1 Å². The molecule has 0 aromatic rings. The molecule has 0 aliphatic carbocycles. The van der Waals surface area contributed by atoms with E-state index in [2.05, 4.69) is 20.7 Å². The molecule has 0 saturated carbocycles. The summed E-state index contributed by atoms with van der Waals surface area (Å²) in [4.78, 5) is 13.4. The van der Waals surface area contributed by atoms with Crippen LogP contribution in [0.25, 0.3) is 0 Å². The molecule has 1 rings (SSSR count). The standard InChI is InChI=1S/C10H15BrF3NO2/c11-6-8-2-1-4-15(8)9(16)3-5-17-7-10(12,13)14/h8H,1-7H2. The van der Waals surface area contributed by atoms with Crippen LogP contribution in [0.3, 0.4) is 0 Å². The molecule has 0 radical (unpaired) electrons. The van der Waals surface area contributed by atoms with Crippen LogP contribution < -0.4 is 0 Å². The first-order valence-electron chi connectivity index (χ1n) is 5.44. The second-order valence-corrected chi connectivity index (χ2v) is 4.60. The molecular formula is C10H15BrF3NO2. The summed E-state index contributed by atoms with van der Waals surface area (Å²) in [7, 11) is 0. The number of rotatable bonds is 5. The summed E-state index contributed by atoms with van der Waals surface area (Å²) < 4.78 is 39.7. The third-order valence-electron chi connectivity index (χ3n) is 2.60. The van der Waals surface area contributed by atoms with Gasteiger partial charge in [-0.15, -0.1) is 0 Å². The van der Waals surface area contributed by atoms with E-state index in [0.717, 1.165) is 12.8 Å². The van der Waals surface area contributed by atoms with Gasteiger partial charge in [0.05, 0.1) is 13.0 Å². The molecule has 1 atom stereocenters. The lowest BCUT2D eigenvalue weighted by molar-refractivity contribution is -0.175. The Hall–Kier alpha value is -0.300. The first-order chi connectivity index (χ1) is 7.94. The Kier molecular flexibility index (Phi) is 5.72. The summed E-state index contributed by atoms with van der Waals surface area (Å²) >= 11 is 3.32. The van der Waals surface area contributed by atoms with Gasteiger partial charge in [-0.25, -0.2) is 0 Å². The molecule has 0 N–H and O–H groups in total. The Bertz CT molecular complexity index is 260. The number of hydrogen-bond donors (Lipinski definition) is 0. The van der Waals surface area contributed by atoms with Crippen molar-refractivity contribution in [3.8, 4) is 0 Å². The lowest BCUT2D eigenvalue weighted by atomic mass is 10.2. The molecule has 0 aromatic heterocycles. The van der Waals surface area contributed by atoms with E-state index in [1.54, 1.807) is 4.90 Å². The number of amides is 1. The van der Waals surface area contributed by atoms with Crippen molar-refractivity contribution in [1.82, 2.24) is 4.90 Å². The van der Waals surface area contributed by atoms with Crippen molar-refractivity contribution in [3.63, 3.8) is 0 Å². The molecule has 0 aromatic carbocycles. The first kappa shape index (κ1) is 14.8. The molecule has 1 aliphatic heterocycles. The molecule has 1 heterocycles. The third kappa shape index (κ3) is 5.25. The molecule has 1 saturated heterocycles. The minimum Gasteiger partial charge on any atom is -0.372 e. The van der Waals surface area contributed by atoms with Gasteiger partial charge < -0.3 is 9.64 Å². The zero-order chi connectivity index (χ0) is 12.9. The summed E-state index contributed by atoms with van der Waals surface area (Å²) in [5.74, 6) is -0.130. The van der Waals surface area contributed by atoms with Gasteiger partial charge in [-0.05, 0) is 12.8 Å². The van der Waals surface area contributed by atoms with Gasteiger partial charge in [0.25, 0.3) is 0 Å². The third-order valence-corrected chi connectivity index (χ3v) is 3.35. The SMILES string of the molecule is O=C(CCOCC(F)(F)F)N1CCCC1CBr. The van der Waals surface area contributed by atoms with E-state index in [-0.39, 0.29) is 25.0 Å². The fourth-order valence-corrected chi connectivity index (χ4v) is 2.49. The van der Waals surface area contributed by atoms with Gasteiger partial charge in [0.1, 0.15) is 6.61 Å². The Morgan fingerprint density at radius 1 is 1.47 bits per heavy atom. The van der Waals surface area contributed by atoms with E-state index in [1.807, 2.05) is 0 Å². The second-order valence-electron chi connectivity index (χ2n) is 3.96. The average Bonchev–Trinajstić information content (AvgIpc) is 2.70. The number of alkyl halides is 4. The van der Waals surface area contributed by atoms with Crippen LogP contribution in [0, 0.1) is 0 Å². The molecule has 1 unspecified atom stereocenters. The number of ether oxygens (including phenoxy) is 1. The van der Waals surface area contributed by atoms with Crippen molar-refractivity contribution >= 4 is 21.8 Å². The maximum absolute atomic E-state index is 11.8. The maximum Gasteiger partial charge on any atom is 0.411 e. The van der Waals surface area contributed by atoms with E-state index in [9.17, 15) is 18.0 Å². The fraction of sp³-hybridized carbons (Fsp3) is 0.900. The highest BCUT2D eigenvalue weighted by Crippen LogP contribution is 2.20. The van der Waals surface area contributed by atoms with E-state index < -0.39 is 12.8 Å². The minimum atomic E-state index is -4.32. The largest absolute Gasteiger partial charge is 0.411 e. The Morgan fingerprint density at radius 2 is 2.18 bits per heavy atom. The van der Waals surface area contributed by atoms with Crippen molar-refractivity contribution in [2.75, 3.05) is 25.1 Å². The van der Waals surface area contributed by atoms with Gasteiger partial charge in [0.15, 0.2) is 0 Å². The van der Waals surface area contributed by atoms with Gasteiger partial charge in [-0.3, -0.25) is 4.79 Å². The van der Waals surface area contributed by atoms with Gasteiger partial charge in [-0.1, -0.05) is 15.9 Å². The molecule has 100 valence electrons. The number of carbonyl (C=O) groups excluding carboxylic acids is 1. The van der Waals surface area contributed by atoms with Crippen LogP contribution in [0.1, 0.15) is 19.3 Å². The molecule has 7 heteroatoms. The van der Waals surface area contributed by atoms with Gasteiger partial charge in [0.2, 0.25) is 5.91 Å². The highest BCUT2D eigenvalue weighted by molar-refractivity contribution is 9.09. The Morgan fingerprint density at radius 3 is 2.76 bits per heavy atom. The van der Waals surface area contributed by atoms with Crippen LogP contribution in [-0.2, 0) is 9.53 Å².